The van der Waals surface area contributed by atoms with Crippen LogP contribution in [0, 0.1) is 0 Å². The molecule has 0 saturated carbocycles. The number of hydrogen-bond acceptors (Lipinski definition) is 4. The Labute approximate surface area is 116 Å². The van der Waals surface area contributed by atoms with Gasteiger partial charge in [0, 0.05) is 39.2 Å². The highest BCUT2D eigenvalue weighted by Gasteiger charge is 2.27. The normalized spacial score (nSPS) is 12.0. The molecule has 0 aromatic carbocycles. The highest BCUT2D eigenvalue weighted by molar-refractivity contribution is 4.91. The van der Waals surface area contributed by atoms with Gasteiger partial charge < -0.3 is 19.4 Å². The molecule has 1 aromatic rings. The first-order chi connectivity index (χ1) is 9.53. The highest BCUT2D eigenvalue weighted by Crippen LogP contribution is 2.14. The van der Waals surface area contributed by atoms with Gasteiger partial charge in [0.15, 0.2) is 0 Å². The summed E-state index contributed by atoms with van der Waals surface area (Å²) in [5, 5.41) is 3.16. The molecule has 8 heteroatoms. The van der Waals surface area contributed by atoms with E-state index >= 15 is 0 Å². The summed E-state index contributed by atoms with van der Waals surface area (Å²) >= 11 is 0. The van der Waals surface area contributed by atoms with Crippen LogP contribution in [0.15, 0.2) is 12.4 Å². The first kappa shape index (κ1) is 16.9. The lowest BCUT2D eigenvalue weighted by molar-refractivity contribution is -0.174. The number of rotatable bonds is 10. The topological polar surface area (TPSA) is 48.3 Å². The summed E-state index contributed by atoms with van der Waals surface area (Å²) in [6, 6.07) is 0. The molecule has 0 atom stereocenters. The zero-order valence-corrected chi connectivity index (χ0v) is 11.4. The molecule has 1 rings (SSSR count). The molecule has 20 heavy (non-hydrogen) atoms. The lowest BCUT2D eigenvalue weighted by Crippen LogP contribution is -2.21. The predicted molar refractivity (Wildman–Crippen MR) is 67.3 cm³/mol. The Bertz CT molecular complexity index is 369. The van der Waals surface area contributed by atoms with Crippen LogP contribution in [0.4, 0.5) is 13.2 Å². The molecule has 0 radical (unpaired) electrons. The second kappa shape index (κ2) is 8.93. The second-order valence-electron chi connectivity index (χ2n) is 4.23. The minimum Gasteiger partial charge on any atom is -0.383 e. The predicted octanol–water partition coefficient (Wildman–Crippen LogP) is 1.59. The number of aromatic nitrogens is 2. The molecular weight excluding hydrogens is 275 g/mol. The minimum absolute atomic E-state index is 0.0776. The van der Waals surface area contributed by atoms with Crippen LogP contribution in [0.1, 0.15) is 12.2 Å². The molecular formula is C12H20F3N3O2. The zero-order valence-electron chi connectivity index (χ0n) is 11.4. The lowest BCUT2D eigenvalue weighted by atomic mass is 10.4. The van der Waals surface area contributed by atoms with Crippen molar-refractivity contribution in [2.24, 2.45) is 0 Å². The number of nitrogens with zero attached hydrogens (tertiary/aromatic N) is 2. The number of aryl methyl sites for hydroxylation is 1. The van der Waals surface area contributed by atoms with Gasteiger partial charge in [0.05, 0.1) is 13.2 Å². The average Bonchev–Trinajstić information content (AvgIpc) is 2.80. The van der Waals surface area contributed by atoms with E-state index in [0.29, 0.717) is 26.1 Å². The molecule has 1 N–H and O–H groups in total. The van der Waals surface area contributed by atoms with Gasteiger partial charge in [0.25, 0.3) is 0 Å². The summed E-state index contributed by atoms with van der Waals surface area (Å²) in [7, 11) is 1.63. The van der Waals surface area contributed by atoms with Gasteiger partial charge in [0.1, 0.15) is 12.4 Å². The van der Waals surface area contributed by atoms with Crippen LogP contribution in [0.25, 0.3) is 0 Å². The monoisotopic (exact) mass is 295 g/mol. The largest absolute Gasteiger partial charge is 0.411 e. The number of nitrogens with one attached hydrogen (secondary N) is 1. The van der Waals surface area contributed by atoms with Crippen molar-refractivity contribution in [1.82, 2.24) is 14.9 Å². The molecule has 0 aliphatic carbocycles. The smallest absolute Gasteiger partial charge is 0.383 e. The number of hydrogen-bond donors (Lipinski definition) is 1. The van der Waals surface area contributed by atoms with Crippen molar-refractivity contribution in [3.05, 3.63) is 18.2 Å². The van der Waals surface area contributed by atoms with Crippen LogP contribution < -0.4 is 5.32 Å². The number of methoxy groups -OCH3 is 1. The van der Waals surface area contributed by atoms with E-state index < -0.39 is 12.8 Å². The Morgan fingerprint density at radius 1 is 1.35 bits per heavy atom. The molecule has 0 unspecified atom stereocenters. The molecule has 0 fully saturated rings. The summed E-state index contributed by atoms with van der Waals surface area (Å²) in [6.45, 7) is 1.40. The van der Waals surface area contributed by atoms with E-state index in [4.69, 9.17) is 4.74 Å². The standard InChI is InChI=1S/C12H20F3N3O2/c1-19-8-4-16-9-11-17-3-6-18(11)5-2-7-20-10-12(13,14)15/h3,6,16H,2,4-5,7-10H2,1H3. The van der Waals surface area contributed by atoms with E-state index in [-0.39, 0.29) is 6.61 Å². The summed E-state index contributed by atoms with van der Waals surface area (Å²) in [6.07, 6.45) is -0.274. The van der Waals surface area contributed by atoms with Crippen LogP contribution in [0.3, 0.4) is 0 Å². The Kier molecular flexibility index (Phi) is 7.56. The maximum absolute atomic E-state index is 11.9. The van der Waals surface area contributed by atoms with Gasteiger partial charge in [-0.25, -0.2) is 4.98 Å². The molecule has 0 saturated heterocycles. The Morgan fingerprint density at radius 3 is 2.85 bits per heavy atom. The second-order valence-corrected chi connectivity index (χ2v) is 4.23. The maximum atomic E-state index is 11.9. The van der Waals surface area contributed by atoms with E-state index in [1.807, 2.05) is 4.57 Å². The van der Waals surface area contributed by atoms with Gasteiger partial charge in [-0.1, -0.05) is 0 Å². The number of alkyl halides is 3. The van der Waals surface area contributed by atoms with Crippen molar-refractivity contribution in [3.8, 4) is 0 Å². The molecule has 0 spiro atoms. The van der Waals surface area contributed by atoms with Gasteiger partial charge in [-0.05, 0) is 6.42 Å². The van der Waals surface area contributed by atoms with Gasteiger partial charge in [-0.2, -0.15) is 13.2 Å². The molecule has 0 aliphatic rings. The highest BCUT2D eigenvalue weighted by atomic mass is 19.4. The third-order valence-corrected chi connectivity index (χ3v) is 2.52. The van der Waals surface area contributed by atoms with E-state index in [9.17, 15) is 13.2 Å². The van der Waals surface area contributed by atoms with Crippen LogP contribution in [0.2, 0.25) is 0 Å². The van der Waals surface area contributed by atoms with Gasteiger partial charge >= 0.3 is 6.18 Å². The fraction of sp³-hybridized carbons (Fsp3) is 0.750. The van der Waals surface area contributed by atoms with E-state index in [0.717, 1.165) is 12.4 Å². The summed E-state index contributed by atoms with van der Waals surface area (Å²) < 4.78 is 47.0. The zero-order chi connectivity index (χ0) is 14.8. The average molecular weight is 295 g/mol. The summed E-state index contributed by atoms with van der Waals surface area (Å²) in [5.74, 6) is 0.844. The summed E-state index contributed by atoms with van der Waals surface area (Å²) in [5.41, 5.74) is 0. The van der Waals surface area contributed by atoms with Crippen LogP contribution in [-0.2, 0) is 22.6 Å². The minimum atomic E-state index is -4.26. The molecule has 1 aromatic heterocycles. The van der Waals surface area contributed by atoms with E-state index in [1.165, 1.54) is 0 Å². The van der Waals surface area contributed by atoms with Crippen molar-refractivity contribution < 1.29 is 22.6 Å². The fourth-order valence-electron chi connectivity index (χ4n) is 1.61. The Hall–Kier alpha value is -1.12. The van der Waals surface area contributed by atoms with E-state index in [1.54, 1.807) is 19.5 Å². The first-order valence-electron chi connectivity index (χ1n) is 6.37. The van der Waals surface area contributed by atoms with Crippen molar-refractivity contribution in [2.45, 2.75) is 25.7 Å². The maximum Gasteiger partial charge on any atom is 0.411 e. The van der Waals surface area contributed by atoms with Crippen LogP contribution in [0.5, 0.6) is 0 Å². The third kappa shape index (κ3) is 7.46. The molecule has 0 bridgehead atoms. The molecule has 0 amide bonds. The van der Waals surface area contributed by atoms with Gasteiger partial charge in [-0.3, -0.25) is 0 Å². The third-order valence-electron chi connectivity index (χ3n) is 2.52. The SMILES string of the molecule is COCCNCc1nccn1CCCOCC(F)(F)F. The first-order valence-corrected chi connectivity index (χ1v) is 6.37. The van der Waals surface area contributed by atoms with Crippen molar-refractivity contribution in [1.29, 1.82) is 0 Å². The molecule has 0 aliphatic heterocycles. The number of imidazole rings is 1. The van der Waals surface area contributed by atoms with Crippen LogP contribution in [-0.4, -0.2) is 49.2 Å². The van der Waals surface area contributed by atoms with Crippen molar-refractivity contribution >= 4 is 0 Å². The van der Waals surface area contributed by atoms with E-state index in [2.05, 4.69) is 15.0 Å². The quantitative estimate of drug-likeness (QED) is 0.666. The summed E-state index contributed by atoms with van der Waals surface area (Å²) in [4.78, 5) is 4.19. The lowest BCUT2D eigenvalue weighted by Gasteiger charge is -2.10. The fourth-order valence-corrected chi connectivity index (χ4v) is 1.61. The molecule has 116 valence electrons. The Balaban J connectivity index is 2.18. The Morgan fingerprint density at radius 2 is 2.15 bits per heavy atom. The van der Waals surface area contributed by atoms with Crippen molar-refractivity contribution in [3.63, 3.8) is 0 Å². The van der Waals surface area contributed by atoms with Crippen LogP contribution >= 0.6 is 0 Å². The van der Waals surface area contributed by atoms with Gasteiger partial charge in [0.2, 0.25) is 0 Å². The molecule has 5 nitrogen and oxygen atoms in total. The van der Waals surface area contributed by atoms with Gasteiger partial charge in [-0.15, -0.1) is 0 Å². The van der Waals surface area contributed by atoms with Crippen molar-refractivity contribution in [2.75, 3.05) is 33.5 Å². The number of halogens is 3. The molecule has 1 heterocycles. The number of ether oxygens (including phenoxy) is 2.